The summed E-state index contributed by atoms with van der Waals surface area (Å²) in [6.45, 7) is 1.93. The van der Waals surface area contributed by atoms with Crippen LogP contribution in [0.1, 0.15) is 6.92 Å². The normalized spacial score (nSPS) is 10.3. The zero-order valence-corrected chi connectivity index (χ0v) is 13.4. The van der Waals surface area contributed by atoms with Crippen LogP contribution in [0.25, 0.3) is 0 Å². The van der Waals surface area contributed by atoms with Crippen molar-refractivity contribution >= 4 is 27.1 Å². The molecule has 0 spiro atoms. The molecule has 5 N–H and O–H groups in total. The maximum Gasteiger partial charge on any atom is 0.261 e. The van der Waals surface area contributed by atoms with Gasteiger partial charge in [0, 0.05) is 25.0 Å². The van der Waals surface area contributed by atoms with Crippen molar-refractivity contribution in [3.63, 3.8) is 0 Å². The van der Waals surface area contributed by atoms with Gasteiger partial charge in [-0.25, -0.2) is 8.42 Å². The van der Waals surface area contributed by atoms with Crippen LogP contribution in [-0.4, -0.2) is 27.2 Å². The summed E-state index contributed by atoms with van der Waals surface area (Å²) in [5.41, 5.74) is 7.41. The van der Waals surface area contributed by atoms with E-state index in [1.165, 1.54) is 0 Å². The molecule has 120 valence electrons. The van der Waals surface area contributed by atoms with Gasteiger partial charge in [0.05, 0.1) is 10.6 Å². The molecule has 0 aliphatic carbocycles. The number of sulfonamides is 1. The highest BCUT2D eigenvalue weighted by Crippen LogP contribution is 2.19. The average Bonchev–Trinajstić information content (AvgIpc) is 2.48. The molecule has 7 heteroatoms. The van der Waals surface area contributed by atoms with Crippen molar-refractivity contribution in [3.8, 4) is 0 Å². The Labute approximate surface area is 131 Å². The molecule has 0 heterocycles. The average molecular weight is 323 g/mol. The van der Waals surface area contributed by atoms with E-state index in [-0.39, 0.29) is 11.5 Å². The third kappa shape index (κ3) is 5.27. The fourth-order valence-electron chi connectivity index (χ4n) is 1.62. The zero-order chi connectivity index (χ0) is 16.6. The Balaban J connectivity index is 0.000000745. The quantitative estimate of drug-likeness (QED) is 0.645. The highest BCUT2D eigenvalue weighted by molar-refractivity contribution is 7.92. The fourth-order valence-corrected chi connectivity index (χ4v) is 2.67. The van der Waals surface area contributed by atoms with Crippen LogP contribution in [0.4, 0.5) is 17.1 Å². The van der Waals surface area contributed by atoms with Gasteiger partial charge < -0.3 is 16.2 Å². The number of rotatable bonds is 4. The summed E-state index contributed by atoms with van der Waals surface area (Å²) in [4.78, 5) is 0.203. The summed E-state index contributed by atoms with van der Waals surface area (Å²) in [6.07, 6.45) is 0. The van der Waals surface area contributed by atoms with Gasteiger partial charge in [0.2, 0.25) is 0 Å². The van der Waals surface area contributed by atoms with Crippen LogP contribution in [-0.2, 0) is 10.0 Å². The standard InChI is InChI=1S/C13H15N3O2S.C2H6O/c1-15-11-5-7-13(8-6-11)19(17,18)16-12-4-2-3-10(14)9-12;1-2-3/h2-9,15-16H,14H2,1H3;3H,2H2,1H3. The maximum atomic E-state index is 12.1. The lowest BCUT2D eigenvalue weighted by atomic mass is 10.3. The Morgan fingerprint density at radius 3 is 2.18 bits per heavy atom. The number of benzene rings is 2. The number of nitrogens with two attached hydrogens (primary N) is 1. The summed E-state index contributed by atoms with van der Waals surface area (Å²) in [7, 11) is -1.82. The minimum absolute atomic E-state index is 0.203. The molecule has 0 radical (unpaired) electrons. The molecule has 2 rings (SSSR count). The number of nitrogens with one attached hydrogen (secondary N) is 2. The molecule has 6 nitrogen and oxygen atoms in total. The van der Waals surface area contributed by atoms with Crippen LogP contribution in [0.5, 0.6) is 0 Å². The second-order valence-electron chi connectivity index (χ2n) is 4.32. The van der Waals surface area contributed by atoms with Crippen LogP contribution in [0, 0.1) is 0 Å². The number of hydrogen-bond donors (Lipinski definition) is 4. The Morgan fingerprint density at radius 2 is 1.68 bits per heavy atom. The third-order valence-corrected chi connectivity index (χ3v) is 3.99. The predicted molar refractivity (Wildman–Crippen MR) is 90.4 cm³/mol. The van der Waals surface area contributed by atoms with Crippen LogP contribution in [0.15, 0.2) is 53.4 Å². The molecular formula is C15H21N3O3S. The molecule has 0 unspecified atom stereocenters. The number of aliphatic hydroxyl groups excluding tert-OH is 1. The van der Waals surface area contributed by atoms with E-state index >= 15 is 0 Å². The summed E-state index contributed by atoms with van der Waals surface area (Å²) < 4.78 is 26.8. The first-order chi connectivity index (χ1) is 10.4. The molecular weight excluding hydrogens is 302 g/mol. The molecule has 22 heavy (non-hydrogen) atoms. The first-order valence-corrected chi connectivity index (χ1v) is 8.18. The van der Waals surface area contributed by atoms with E-state index in [0.717, 1.165) is 5.69 Å². The monoisotopic (exact) mass is 323 g/mol. The summed E-state index contributed by atoms with van der Waals surface area (Å²) in [6, 6.07) is 13.1. The molecule has 0 aliphatic rings. The van der Waals surface area contributed by atoms with Gasteiger partial charge in [0.15, 0.2) is 0 Å². The lowest BCUT2D eigenvalue weighted by Crippen LogP contribution is -2.13. The SMILES string of the molecule is CCO.CNc1ccc(S(=O)(=O)Nc2cccc(N)c2)cc1. The van der Waals surface area contributed by atoms with Crippen LogP contribution in [0.2, 0.25) is 0 Å². The lowest BCUT2D eigenvalue weighted by molar-refractivity contribution is 0.318. The molecule has 0 bridgehead atoms. The number of aliphatic hydroxyl groups is 1. The minimum atomic E-state index is -3.59. The van der Waals surface area contributed by atoms with Gasteiger partial charge >= 0.3 is 0 Å². The number of nitrogen functional groups attached to an aromatic ring is 1. The molecule has 0 atom stereocenters. The van der Waals surface area contributed by atoms with Crippen LogP contribution in [0.3, 0.4) is 0 Å². The van der Waals surface area contributed by atoms with E-state index in [1.807, 2.05) is 0 Å². The Morgan fingerprint density at radius 1 is 1.09 bits per heavy atom. The molecule has 0 amide bonds. The maximum absolute atomic E-state index is 12.1. The van der Waals surface area contributed by atoms with Crippen molar-refractivity contribution in [3.05, 3.63) is 48.5 Å². The Kier molecular flexibility index (Phi) is 6.68. The van der Waals surface area contributed by atoms with Gasteiger partial charge in [0.25, 0.3) is 10.0 Å². The second kappa shape index (κ2) is 8.26. The van der Waals surface area contributed by atoms with E-state index in [2.05, 4.69) is 10.0 Å². The molecule has 0 aromatic heterocycles. The Hall–Kier alpha value is -2.25. The second-order valence-corrected chi connectivity index (χ2v) is 6.00. The van der Waals surface area contributed by atoms with Crippen molar-refractivity contribution in [1.82, 2.24) is 0 Å². The van der Waals surface area contributed by atoms with Crippen molar-refractivity contribution in [1.29, 1.82) is 0 Å². The van der Waals surface area contributed by atoms with Crippen molar-refractivity contribution in [2.45, 2.75) is 11.8 Å². The predicted octanol–water partition coefficient (Wildman–Crippen LogP) is 2.11. The van der Waals surface area contributed by atoms with Gasteiger partial charge in [0.1, 0.15) is 0 Å². The van der Waals surface area contributed by atoms with Gasteiger partial charge in [-0.3, -0.25) is 4.72 Å². The van der Waals surface area contributed by atoms with Gasteiger partial charge in [-0.2, -0.15) is 0 Å². The fraction of sp³-hybridized carbons (Fsp3) is 0.200. The highest BCUT2D eigenvalue weighted by Gasteiger charge is 2.13. The van der Waals surface area contributed by atoms with Crippen LogP contribution >= 0.6 is 0 Å². The van der Waals surface area contributed by atoms with E-state index in [9.17, 15) is 8.42 Å². The first kappa shape index (κ1) is 17.8. The summed E-state index contributed by atoms with van der Waals surface area (Å²) in [5.74, 6) is 0. The van der Waals surface area contributed by atoms with Crippen LogP contribution < -0.4 is 15.8 Å². The lowest BCUT2D eigenvalue weighted by Gasteiger charge is -2.09. The molecule has 0 fully saturated rings. The van der Waals surface area contributed by atoms with Crippen molar-refractivity contribution < 1.29 is 13.5 Å². The Bertz CT molecular complexity index is 685. The van der Waals surface area contributed by atoms with Gasteiger partial charge in [-0.1, -0.05) is 6.07 Å². The van der Waals surface area contributed by atoms with E-state index in [0.29, 0.717) is 11.4 Å². The molecule has 0 saturated carbocycles. The topological polar surface area (TPSA) is 104 Å². The smallest absolute Gasteiger partial charge is 0.261 e. The number of anilines is 3. The zero-order valence-electron chi connectivity index (χ0n) is 12.6. The van der Waals surface area contributed by atoms with Gasteiger partial charge in [-0.05, 0) is 49.4 Å². The minimum Gasteiger partial charge on any atom is -0.399 e. The summed E-state index contributed by atoms with van der Waals surface area (Å²) in [5, 5.41) is 10.5. The molecule has 2 aromatic carbocycles. The molecule has 0 saturated heterocycles. The van der Waals surface area contributed by atoms with Crippen molar-refractivity contribution in [2.24, 2.45) is 0 Å². The largest absolute Gasteiger partial charge is 0.399 e. The summed E-state index contributed by atoms with van der Waals surface area (Å²) >= 11 is 0. The van der Waals surface area contributed by atoms with E-state index in [4.69, 9.17) is 10.8 Å². The first-order valence-electron chi connectivity index (χ1n) is 6.70. The van der Waals surface area contributed by atoms with Gasteiger partial charge in [-0.15, -0.1) is 0 Å². The molecule has 0 aliphatic heterocycles. The third-order valence-electron chi connectivity index (χ3n) is 2.59. The van der Waals surface area contributed by atoms with E-state index < -0.39 is 10.0 Å². The highest BCUT2D eigenvalue weighted by atomic mass is 32.2. The number of hydrogen-bond acceptors (Lipinski definition) is 5. The molecule has 2 aromatic rings. The van der Waals surface area contributed by atoms with Crippen molar-refractivity contribution in [2.75, 3.05) is 29.4 Å². The van der Waals surface area contributed by atoms with E-state index in [1.54, 1.807) is 62.5 Å².